The van der Waals surface area contributed by atoms with Crippen LogP contribution in [0.5, 0.6) is 0 Å². The number of amides is 2. The number of anilines is 1. The fourth-order valence-corrected chi connectivity index (χ4v) is 1.83. The Balaban J connectivity index is 2.37. The van der Waals surface area contributed by atoms with Crippen LogP contribution in [0.25, 0.3) is 0 Å². The molecule has 17 heavy (non-hydrogen) atoms. The van der Waals surface area contributed by atoms with Crippen LogP contribution in [0.2, 0.25) is 0 Å². The molecule has 1 atom stereocenters. The molecule has 0 fully saturated rings. The third-order valence-corrected chi connectivity index (χ3v) is 3.06. The molecule has 0 aliphatic carbocycles. The summed E-state index contributed by atoms with van der Waals surface area (Å²) < 4.78 is 0. The summed E-state index contributed by atoms with van der Waals surface area (Å²) >= 11 is 1.53. The molecule has 1 aromatic rings. The number of carbonyl (C=O) groups excluding carboxylic acids is 1. The Morgan fingerprint density at radius 3 is 2.88 bits per heavy atom. The first-order valence-corrected chi connectivity index (χ1v) is 6.18. The molecule has 1 unspecified atom stereocenters. The van der Waals surface area contributed by atoms with E-state index in [0.717, 1.165) is 10.8 Å². The topological polar surface area (TPSA) is 77.5 Å². The highest BCUT2D eigenvalue weighted by Crippen LogP contribution is 2.17. The Labute approximate surface area is 105 Å². The van der Waals surface area contributed by atoms with E-state index >= 15 is 0 Å². The quantitative estimate of drug-likeness (QED) is 0.714. The van der Waals surface area contributed by atoms with Gasteiger partial charge in [-0.1, -0.05) is 0 Å². The second-order valence-electron chi connectivity index (χ2n) is 3.93. The molecule has 6 nitrogen and oxygen atoms in total. The van der Waals surface area contributed by atoms with Gasteiger partial charge in [0.1, 0.15) is 0 Å². The molecular formula is C10H18N4O2S. The first kappa shape index (κ1) is 13.7. The zero-order valence-electron chi connectivity index (χ0n) is 10.2. The maximum Gasteiger partial charge on any atom is 0.315 e. The Bertz CT molecular complexity index is 367. The van der Waals surface area contributed by atoms with Gasteiger partial charge in [-0.3, -0.25) is 0 Å². The first-order chi connectivity index (χ1) is 8.02. The molecule has 3 N–H and O–H groups in total. The minimum Gasteiger partial charge on any atom is -0.394 e. The molecular weight excluding hydrogens is 240 g/mol. The molecule has 0 bridgehead atoms. The number of hydrogen-bond donors (Lipinski definition) is 3. The van der Waals surface area contributed by atoms with Gasteiger partial charge in [0.2, 0.25) is 0 Å². The van der Waals surface area contributed by atoms with Crippen molar-refractivity contribution < 1.29 is 9.90 Å². The Hall–Kier alpha value is -1.34. The van der Waals surface area contributed by atoms with Crippen molar-refractivity contribution in [1.82, 2.24) is 15.6 Å². The van der Waals surface area contributed by atoms with E-state index in [0.29, 0.717) is 6.54 Å². The summed E-state index contributed by atoms with van der Waals surface area (Å²) in [6.07, 6.45) is 0. The van der Waals surface area contributed by atoms with Gasteiger partial charge in [0.05, 0.1) is 24.9 Å². The van der Waals surface area contributed by atoms with E-state index in [9.17, 15) is 4.79 Å². The van der Waals surface area contributed by atoms with E-state index in [1.54, 1.807) is 6.92 Å². The number of thiazole rings is 1. The minimum absolute atomic E-state index is 0.0745. The van der Waals surface area contributed by atoms with E-state index in [-0.39, 0.29) is 18.7 Å². The average Bonchev–Trinajstić information content (AvgIpc) is 2.75. The van der Waals surface area contributed by atoms with E-state index < -0.39 is 0 Å². The van der Waals surface area contributed by atoms with Crippen molar-refractivity contribution >= 4 is 22.5 Å². The van der Waals surface area contributed by atoms with Gasteiger partial charge in [-0.15, -0.1) is 11.3 Å². The van der Waals surface area contributed by atoms with Crippen molar-refractivity contribution in [2.75, 3.05) is 25.6 Å². The normalized spacial score (nSPS) is 12.0. The predicted octanol–water partition coefficient (Wildman–Crippen LogP) is 0.389. The monoisotopic (exact) mass is 258 g/mol. The maximum atomic E-state index is 11.4. The summed E-state index contributed by atoms with van der Waals surface area (Å²) in [6, 6.07) is -0.547. The van der Waals surface area contributed by atoms with Crippen LogP contribution < -0.4 is 15.5 Å². The third kappa shape index (κ3) is 4.58. The molecule has 2 amide bonds. The maximum absolute atomic E-state index is 11.4. The molecule has 0 spiro atoms. The number of rotatable bonds is 5. The largest absolute Gasteiger partial charge is 0.394 e. The molecule has 0 aromatic carbocycles. The number of aliphatic hydroxyl groups is 1. The Morgan fingerprint density at radius 1 is 1.65 bits per heavy atom. The number of hydrogen-bond acceptors (Lipinski definition) is 5. The van der Waals surface area contributed by atoms with Crippen molar-refractivity contribution in [3.05, 3.63) is 11.1 Å². The highest BCUT2D eigenvalue weighted by molar-refractivity contribution is 7.13. The molecule has 0 aliphatic rings. The van der Waals surface area contributed by atoms with Gasteiger partial charge in [-0.25, -0.2) is 9.78 Å². The number of urea groups is 1. The molecule has 0 saturated carbocycles. The molecule has 0 saturated heterocycles. The zero-order valence-corrected chi connectivity index (χ0v) is 11.0. The standard InChI is InChI=1S/C10H18N4O2S/c1-7(5-15)12-9(16)11-4-8-6-17-10(13-8)14(2)3/h6-7,15H,4-5H2,1-3H3,(H2,11,12,16). The SMILES string of the molecule is CC(CO)NC(=O)NCc1csc(N(C)C)n1. The summed E-state index contributed by atoms with van der Waals surface area (Å²) in [5.41, 5.74) is 0.825. The molecule has 96 valence electrons. The van der Waals surface area contributed by atoms with E-state index in [4.69, 9.17) is 5.11 Å². The van der Waals surface area contributed by atoms with Crippen molar-refractivity contribution in [1.29, 1.82) is 0 Å². The van der Waals surface area contributed by atoms with Gasteiger partial charge < -0.3 is 20.6 Å². The highest BCUT2D eigenvalue weighted by Gasteiger charge is 2.07. The van der Waals surface area contributed by atoms with E-state index in [1.165, 1.54) is 11.3 Å². The van der Waals surface area contributed by atoms with Crippen molar-refractivity contribution in [3.8, 4) is 0 Å². The molecule has 1 rings (SSSR count). The van der Waals surface area contributed by atoms with Gasteiger partial charge in [0.15, 0.2) is 5.13 Å². The van der Waals surface area contributed by atoms with Crippen molar-refractivity contribution in [2.45, 2.75) is 19.5 Å². The van der Waals surface area contributed by atoms with Gasteiger partial charge >= 0.3 is 6.03 Å². The zero-order chi connectivity index (χ0) is 12.8. The van der Waals surface area contributed by atoms with Crippen molar-refractivity contribution in [3.63, 3.8) is 0 Å². The number of nitrogens with one attached hydrogen (secondary N) is 2. The van der Waals surface area contributed by atoms with Gasteiger partial charge in [0.25, 0.3) is 0 Å². The molecule has 7 heteroatoms. The summed E-state index contributed by atoms with van der Waals surface area (Å²) in [7, 11) is 3.84. The fourth-order valence-electron chi connectivity index (χ4n) is 1.07. The molecule has 0 aliphatic heterocycles. The molecule has 0 radical (unpaired) electrons. The van der Waals surface area contributed by atoms with Crippen LogP contribution in [0.1, 0.15) is 12.6 Å². The lowest BCUT2D eigenvalue weighted by Crippen LogP contribution is -2.42. The summed E-state index contributed by atoms with van der Waals surface area (Å²) in [5, 5.41) is 16.9. The van der Waals surface area contributed by atoms with E-state index in [1.807, 2.05) is 24.4 Å². The fraction of sp³-hybridized carbons (Fsp3) is 0.600. The second kappa shape index (κ2) is 6.41. The van der Waals surface area contributed by atoms with Crippen LogP contribution in [0.4, 0.5) is 9.93 Å². The summed E-state index contributed by atoms with van der Waals surface area (Å²) in [6.45, 7) is 2.04. The van der Waals surface area contributed by atoms with Crippen LogP contribution in [0.3, 0.4) is 0 Å². The van der Waals surface area contributed by atoms with E-state index in [2.05, 4.69) is 15.6 Å². The second-order valence-corrected chi connectivity index (χ2v) is 4.76. The van der Waals surface area contributed by atoms with Crippen LogP contribution in [-0.2, 0) is 6.54 Å². The van der Waals surface area contributed by atoms with Crippen LogP contribution >= 0.6 is 11.3 Å². The van der Waals surface area contributed by atoms with Crippen LogP contribution in [0, 0.1) is 0 Å². The predicted molar refractivity (Wildman–Crippen MR) is 68.4 cm³/mol. The highest BCUT2D eigenvalue weighted by atomic mass is 32.1. The third-order valence-electron chi connectivity index (χ3n) is 2.00. The first-order valence-electron chi connectivity index (χ1n) is 5.30. The van der Waals surface area contributed by atoms with Gasteiger partial charge in [0, 0.05) is 19.5 Å². The van der Waals surface area contributed by atoms with Crippen LogP contribution in [0.15, 0.2) is 5.38 Å². The van der Waals surface area contributed by atoms with Gasteiger partial charge in [-0.05, 0) is 6.92 Å². The number of aliphatic hydroxyl groups excluding tert-OH is 1. The molecule has 1 heterocycles. The average molecular weight is 258 g/mol. The lowest BCUT2D eigenvalue weighted by atomic mass is 10.4. The van der Waals surface area contributed by atoms with Gasteiger partial charge in [-0.2, -0.15) is 0 Å². The Morgan fingerprint density at radius 2 is 2.35 bits per heavy atom. The summed E-state index contributed by atoms with van der Waals surface area (Å²) in [5.74, 6) is 0. The lowest BCUT2D eigenvalue weighted by molar-refractivity contribution is 0.220. The smallest absolute Gasteiger partial charge is 0.315 e. The molecule has 1 aromatic heterocycles. The summed E-state index contributed by atoms with van der Waals surface area (Å²) in [4.78, 5) is 17.6. The van der Waals surface area contributed by atoms with Crippen molar-refractivity contribution in [2.24, 2.45) is 0 Å². The Kier molecular flexibility index (Phi) is 5.17. The lowest BCUT2D eigenvalue weighted by Gasteiger charge is -2.11. The number of nitrogens with zero attached hydrogens (tertiary/aromatic N) is 2. The van der Waals surface area contributed by atoms with Crippen LogP contribution in [-0.4, -0.2) is 42.9 Å². The number of aromatic nitrogens is 1. The number of carbonyl (C=O) groups is 1. The minimum atomic E-state index is -0.300.